The zero-order chi connectivity index (χ0) is 12.3. The van der Waals surface area contributed by atoms with Gasteiger partial charge in [0.05, 0.1) is 0 Å². The van der Waals surface area contributed by atoms with E-state index in [9.17, 15) is 0 Å². The molecule has 0 unspecified atom stereocenters. The van der Waals surface area contributed by atoms with Gasteiger partial charge in [-0.3, -0.25) is 4.90 Å². The van der Waals surface area contributed by atoms with E-state index in [1.165, 1.54) is 16.5 Å². The van der Waals surface area contributed by atoms with Gasteiger partial charge in [-0.05, 0) is 32.1 Å². The van der Waals surface area contributed by atoms with Gasteiger partial charge in [-0.1, -0.05) is 18.2 Å². The van der Waals surface area contributed by atoms with Gasteiger partial charge in [0.15, 0.2) is 0 Å². The van der Waals surface area contributed by atoms with Crippen LogP contribution in [0.3, 0.4) is 0 Å². The standard InChI is InChI=1S/C14H21N3/c1-15-11-16(2)9-8-12-10-17(3)14-7-5-4-6-13(12)14/h4-7,10,15H,8-9,11H2,1-3H3. The van der Waals surface area contributed by atoms with Crippen LogP contribution in [0, 0.1) is 0 Å². The van der Waals surface area contributed by atoms with Crippen LogP contribution < -0.4 is 5.32 Å². The van der Waals surface area contributed by atoms with Crippen LogP contribution >= 0.6 is 0 Å². The predicted molar refractivity (Wildman–Crippen MR) is 73.2 cm³/mol. The van der Waals surface area contributed by atoms with Gasteiger partial charge in [0.1, 0.15) is 0 Å². The van der Waals surface area contributed by atoms with Crippen LogP contribution in [-0.2, 0) is 13.5 Å². The molecule has 0 saturated heterocycles. The molecule has 1 aromatic heterocycles. The second-order valence-electron chi connectivity index (χ2n) is 4.62. The lowest BCUT2D eigenvalue weighted by Crippen LogP contribution is -2.30. The summed E-state index contributed by atoms with van der Waals surface area (Å²) < 4.78 is 2.21. The lowest BCUT2D eigenvalue weighted by atomic mass is 10.1. The van der Waals surface area contributed by atoms with E-state index >= 15 is 0 Å². The van der Waals surface area contributed by atoms with E-state index in [4.69, 9.17) is 0 Å². The molecule has 17 heavy (non-hydrogen) atoms. The topological polar surface area (TPSA) is 20.2 Å². The number of aromatic nitrogens is 1. The molecule has 0 atom stereocenters. The van der Waals surface area contributed by atoms with Crippen molar-refractivity contribution in [2.75, 3.05) is 27.3 Å². The fourth-order valence-electron chi connectivity index (χ4n) is 2.29. The van der Waals surface area contributed by atoms with Crippen molar-refractivity contribution in [3.8, 4) is 0 Å². The number of likely N-dealkylation sites (N-methyl/N-ethyl adjacent to an activating group) is 1. The van der Waals surface area contributed by atoms with Crippen molar-refractivity contribution in [3.63, 3.8) is 0 Å². The summed E-state index contributed by atoms with van der Waals surface area (Å²) in [5, 5.41) is 4.55. The summed E-state index contributed by atoms with van der Waals surface area (Å²) in [7, 11) is 6.24. The lowest BCUT2D eigenvalue weighted by molar-refractivity contribution is 0.321. The molecule has 0 bridgehead atoms. The molecule has 2 aromatic rings. The van der Waals surface area contributed by atoms with Crippen molar-refractivity contribution in [2.24, 2.45) is 7.05 Å². The number of benzene rings is 1. The molecular formula is C14H21N3. The first-order chi connectivity index (χ1) is 8.22. The van der Waals surface area contributed by atoms with Crippen molar-refractivity contribution in [3.05, 3.63) is 36.0 Å². The Balaban J connectivity index is 2.13. The first-order valence-electron chi connectivity index (χ1n) is 6.08. The SMILES string of the molecule is CNCN(C)CCc1cn(C)c2ccccc12. The third-order valence-electron chi connectivity index (χ3n) is 3.17. The van der Waals surface area contributed by atoms with E-state index in [2.05, 4.69) is 59.3 Å². The Labute approximate surface area is 103 Å². The number of hydrogen-bond acceptors (Lipinski definition) is 2. The van der Waals surface area contributed by atoms with Gasteiger partial charge in [0, 0.05) is 37.4 Å². The molecule has 0 saturated carbocycles. The number of rotatable bonds is 5. The molecule has 3 nitrogen and oxygen atoms in total. The predicted octanol–water partition coefficient (Wildman–Crippen LogP) is 1.83. The van der Waals surface area contributed by atoms with Crippen LogP contribution in [0.15, 0.2) is 30.5 Å². The Kier molecular flexibility index (Phi) is 3.82. The molecule has 1 heterocycles. The third-order valence-corrected chi connectivity index (χ3v) is 3.17. The van der Waals surface area contributed by atoms with Gasteiger partial charge in [-0.15, -0.1) is 0 Å². The first-order valence-corrected chi connectivity index (χ1v) is 6.08. The summed E-state index contributed by atoms with van der Waals surface area (Å²) in [6, 6.07) is 8.60. The Morgan fingerprint density at radius 3 is 2.82 bits per heavy atom. The van der Waals surface area contributed by atoms with Gasteiger partial charge < -0.3 is 9.88 Å². The van der Waals surface area contributed by atoms with Gasteiger partial charge in [0.25, 0.3) is 0 Å². The Morgan fingerprint density at radius 1 is 1.29 bits per heavy atom. The molecule has 0 aliphatic carbocycles. The summed E-state index contributed by atoms with van der Waals surface area (Å²) in [6.45, 7) is 2.01. The van der Waals surface area contributed by atoms with Gasteiger partial charge >= 0.3 is 0 Å². The van der Waals surface area contributed by atoms with Crippen LogP contribution in [0.4, 0.5) is 0 Å². The maximum Gasteiger partial charge on any atom is 0.0480 e. The average molecular weight is 231 g/mol. The van der Waals surface area contributed by atoms with Gasteiger partial charge in [-0.2, -0.15) is 0 Å². The maximum absolute atomic E-state index is 3.17. The number of nitrogens with zero attached hydrogens (tertiary/aromatic N) is 2. The average Bonchev–Trinajstić information content (AvgIpc) is 2.65. The zero-order valence-corrected chi connectivity index (χ0v) is 10.9. The second-order valence-corrected chi connectivity index (χ2v) is 4.62. The summed E-state index contributed by atoms with van der Waals surface area (Å²) >= 11 is 0. The van der Waals surface area contributed by atoms with E-state index in [-0.39, 0.29) is 0 Å². The van der Waals surface area contributed by atoms with Crippen molar-refractivity contribution in [1.29, 1.82) is 0 Å². The number of para-hydroxylation sites is 1. The summed E-state index contributed by atoms with van der Waals surface area (Å²) in [5.74, 6) is 0. The highest BCUT2D eigenvalue weighted by Gasteiger charge is 2.06. The van der Waals surface area contributed by atoms with E-state index in [0.29, 0.717) is 0 Å². The molecule has 92 valence electrons. The molecule has 1 aromatic carbocycles. The normalized spacial score (nSPS) is 11.5. The van der Waals surface area contributed by atoms with Gasteiger partial charge in [-0.25, -0.2) is 0 Å². The Morgan fingerprint density at radius 2 is 2.06 bits per heavy atom. The molecule has 0 spiro atoms. The minimum absolute atomic E-state index is 0.935. The Hall–Kier alpha value is -1.32. The second kappa shape index (κ2) is 5.34. The monoisotopic (exact) mass is 231 g/mol. The van der Waals surface area contributed by atoms with Crippen molar-refractivity contribution in [1.82, 2.24) is 14.8 Å². The third kappa shape index (κ3) is 2.68. The molecule has 0 aliphatic rings. The van der Waals surface area contributed by atoms with E-state index in [1.54, 1.807) is 0 Å². The minimum Gasteiger partial charge on any atom is -0.350 e. The number of fused-ring (bicyclic) bond motifs is 1. The van der Waals surface area contributed by atoms with Crippen molar-refractivity contribution < 1.29 is 0 Å². The van der Waals surface area contributed by atoms with Crippen LogP contribution in [0.2, 0.25) is 0 Å². The fourth-order valence-corrected chi connectivity index (χ4v) is 2.29. The van der Waals surface area contributed by atoms with Crippen molar-refractivity contribution >= 4 is 10.9 Å². The molecule has 1 N–H and O–H groups in total. The summed E-state index contributed by atoms with van der Waals surface area (Å²) in [4.78, 5) is 2.29. The van der Waals surface area contributed by atoms with Crippen LogP contribution in [0.5, 0.6) is 0 Å². The fraction of sp³-hybridized carbons (Fsp3) is 0.429. The summed E-state index contributed by atoms with van der Waals surface area (Å²) in [6.07, 6.45) is 3.34. The lowest BCUT2D eigenvalue weighted by Gasteiger charge is -2.15. The quantitative estimate of drug-likeness (QED) is 0.792. The molecule has 2 rings (SSSR count). The molecule has 3 heteroatoms. The van der Waals surface area contributed by atoms with Crippen LogP contribution in [0.25, 0.3) is 10.9 Å². The number of hydrogen-bond donors (Lipinski definition) is 1. The molecule has 0 amide bonds. The highest BCUT2D eigenvalue weighted by molar-refractivity contribution is 5.83. The molecule has 0 radical (unpaired) electrons. The summed E-state index contributed by atoms with van der Waals surface area (Å²) in [5.41, 5.74) is 2.75. The van der Waals surface area contributed by atoms with Crippen LogP contribution in [0.1, 0.15) is 5.56 Å². The molecule has 0 aliphatic heterocycles. The minimum atomic E-state index is 0.935. The highest BCUT2D eigenvalue weighted by Crippen LogP contribution is 2.20. The van der Waals surface area contributed by atoms with E-state index < -0.39 is 0 Å². The van der Waals surface area contributed by atoms with Gasteiger partial charge in [0.2, 0.25) is 0 Å². The maximum atomic E-state index is 3.17. The van der Waals surface area contributed by atoms with Crippen LogP contribution in [-0.4, -0.2) is 36.8 Å². The highest BCUT2D eigenvalue weighted by atomic mass is 15.2. The molecule has 0 fully saturated rings. The smallest absolute Gasteiger partial charge is 0.0480 e. The largest absolute Gasteiger partial charge is 0.350 e. The number of aryl methyl sites for hydroxylation is 1. The zero-order valence-electron chi connectivity index (χ0n) is 10.9. The van der Waals surface area contributed by atoms with E-state index in [0.717, 1.165) is 19.6 Å². The Bertz CT molecular complexity index is 487. The number of nitrogens with one attached hydrogen (secondary N) is 1. The first kappa shape index (κ1) is 12.1. The van der Waals surface area contributed by atoms with E-state index in [1.807, 2.05) is 7.05 Å². The molecular weight excluding hydrogens is 210 g/mol. The van der Waals surface area contributed by atoms with Crippen molar-refractivity contribution in [2.45, 2.75) is 6.42 Å².